The average Bonchev–Trinajstić information content (AvgIpc) is 2.22. The van der Waals surface area contributed by atoms with Crippen molar-refractivity contribution >= 4 is 11.9 Å². The second kappa shape index (κ2) is 8.66. The van der Waals surface area contributed by atoms with Gasteiger partial charge in [0.25, 0.3) is 0 Å². The van der Waals surface area contributed by atoms with Gasteiger partial charge in [0.1, 0.15) is 0 Å². The van der Waals surface area contributed by atoms with Crippen molar-refractivity contribution in [2.45, 2.75) is 45.4 Å². The third-order valence-electron chi connectivity index (χ3n) is 2.10. The lowest BCUT2D eigenvalue weighted by molar-refractivity contribution is -0.131. The fraction of sp³-hybridized carbons (Fsp3) is 0.667. The van der Waals surface area contributed by atoms with Crippen LogP contribution < -0.4 is 11.1 Å². The van der Waals surface area contributed by atoms with Gasteiger partial charge in [-0.3, -0.25) is 4.79 Å². The lowest BCUT2D eigenvalue weighted by atomic mass is 10.2. The van der Waals surface area contributed by atoms with Crippen molar-refractivity contribution in [3.63, 3.8) is 0 Å². The standard InChI is InChI=1S/C12H22N2O4/c1-8(13)6-10(3)18-7-9(2)14-11(15)4-5-12(16)17/h4-5,8-10H,6-7,13H2,1-3H3,(H,14,15)(H,16,17)/b5-4-. The summed E-state index contributed by atoms with van der Waals surface area (Å²) in [6.07, 6.45) is 2.55. The molecule has 3 atom stereocenters. The summed E-state index contributed by atoms with van der Waals surface area (Å²) in [5.41, 5.74) is 5.63. The van der Waals surface area contributed by atoms with Gasteiger partial charge in [0, 0.05) is 24.2 Å². The molecular weight excluding hydrogens is 236 g/mol. The van der Waals surface area contributed by atoms with E-state index in [1.807, 2.05) is 13.8 Å². The van der Waals surface area contributed by atoms with Gasteiger partial charge >= 0.3 is 5.97 Å². The predicted octanol–water partition coefficient (Wildman–Crippen LogP) is 0.274. The van der Waals surface area contributed by atoms with E-state index in [1.54, 1.807) is 6.92 Å². The minimum absolute atomic E-state index is 0.0268. The van der Waals surface area contributed by atoms with E-state index >= 15 is 0 Å². The summed E-state index contributed by atoms with van der Waals surface area (Å²) >= 11 is 0. The highest BCUT2D eigenvalue weighted by atomic mass is 16.5. The Labute approximate surface area is 107 Å². The molecule has 6 heteroatoms. The van der Waals surface area contributed by atoms with Gasteiger partial charge in [0.15, 0.2) is 0 Å². The summed E-state index contributed by atoms with van der Waals surface area (Å²) in [4.78, 5) is 21.4. The van der Waals surface area contributed by atoms with Crippen molar-refractivity contribution in [3.8, 4) is 0 Å². The highest BCUT2D eigenvalue weighted by molar-refractivity contribution is 5.93. The number of carboxylic acids is 1. The van der Waals surface area contributed by atoms with Crippen LogP contribution in [0, 0.1) is 0 Å². The first-order valence-electron chi connectivity index (χ1n) is 5.90. The van der Waals surface area contributed by atoms with E-state index < -0.39 is 11.9 Å². The topological polar surface area (TPSA) is 102 Å². The SMILES string of the molecule is CC(N)CC(C)OCC(C)NC(=O)/C=C\C(=O)O. The number of carbonyl (C=O) groups is 2. The first-order chi connectivity index (χ1) is 8.31. The smallest absolute Gasteiger partial charge is 0.328 e. The van der Waals surface area contributed by atoms with Crippen LogP contribution in [0.25, 0.3) is 0 Å². The number of ether oxygens (including phenoxy) is 1. The molecule has 0 saturated carbocycles. The van der Waals surface area contributed by atoms with E-state index in [1.165, 1.54) is 0 Å². The van der Waals surface area contributed by atoms with Gasteiger partial charge in [-0.05, 0) is 27.2 Å². The summed E-state index contributed by atoms with van der Waals surface area (Å²) in [6.45, 7) is 5.97. The van der Waals surface area contributed by atoms with E-state index in [0.717, 1.165) is 18.6 Å². The Morgan fingerprint density at radius 2 is 1.94 bits per heavy atom. The third kappa shape index (κ3) is 9.80. The zero-order valence-corrected chi connectivity index (χ0v) is 11.1. The van der Waals surface area contributed by atoms with Gasteiger partial charge < -0.3 is 20.9 Å². The summed E-state index contributed by atoms with van der Waals surface area (Å²) in [5.74, 6) is -1.60. The van der Waals surface area contributed by atoms with Crippen molar-refractivity contribution in [3.05, 3.63) is 12.2 Å². The van der Waals surface area contributed by atoms with Crippen LogP contribution in [0.2, 0.25) is 0 Å². The first-order valence-corrected chi connectivity index (χ1v) is 5.90. The number of hydrogen-bond acceptors (Lipinski definition) is 4. The van der Waals surface area contributed by atoms with Crippen molar-refractivity contribution < 1.29 is 19.4 Å². The molecule has 3 unspecified atom stereocenters. The van der Waals surface area contributed by atoms with E-state index in [0.29, 0.717) is 6.61 Å². The second-order valence-electron chi connectivity index (χ2n) is 4.44. The molecule has 4 N–H and O–H groups in total. The van der Waals surface area contributed by atoms with Crippen molar-refractivity contribution in [1.82, 2.24) is 5.32 Å². The van der Waals surface area contributed by atoms with Gasteiger partial charge in [-0.15, -0.1) is 0 Å². The van der Waals surface area contributed by atoms with Gasteiger partial charge in [0.05, 0.1) is 12.7 Å². The molecule has 0 saturated heterocycles. The van der Waals surface area contributed by atoms with E-state index in [4.69, 9.17) is 15.6 Å². The van der Waals surface area contributed by atoms with E-state index in [2.05, 4.69) is 5.32 Å². The molecule has 0 spiro atoms. The summed E-state index contributed by atoms with van der Waals surface area (Å²) in [6, 6.07) is -0.116. The molecule has 1 amide bonds. The van der Waals surface area contributed by atoms with Gasteiger partial charge in [-0.2, -0.15) is 0 Å². The Balaban J connectivity index is 3.86. The van der Waals surface area contributed by atoms with E-state index in [9.17, 15) is 9.59 Å². The molecule has 0 fully saturated rings. The molecular formula is C12H22N2O4. The number of rotatable bonds is 8. The Morgan fingerprint density at radius 1 is 1.33 bits per heavy atom. The Bertz CT molecular complexity index is 302. The fourth-order valence-corrected chi connectivity index (χ4v) is 1.38. The second-order valence-corrected chi connectivity index (χ2v) is 4.44. The number of carboxylic acid groups (broad SMARTS) is 1. The number of nitrogens with two attached hydrogens (primary N) is 1. The zero-order chi connectivity index (χ0) is 14.1. The third-order valence-corrected chi connectivity index (χ3v) is 2.10. The fourth-order valence-electron chi connectivity index (χ4n) is 1.38. The molecule has 18 heavy (non-hydrogen) atoms. The van der Waals surface area contributed by atoms with Crippen molar-refractivity contribution in [2.24, 2.45) is 5.73 Å². The maximum atomic E-state index is 11.2. The molecule has 0 rings (SSSR count). The molecule has 0 heterocycles. The lowest BCUT2D eigenvalue weighted by Crippen LogP contribution is -2.36. The number of nitrogens with one attached hydrogen (secondary N) is 1. The lowest BCUT2D eigenvalue weighted by Gasteiger charge is -2.18. The van der Waals surface area contributed by atoms with Crippen LogP contribution in [0.1, 0.15) is 27.2 Å². The Kier molecular flexibility index (Phi) is 7.98. The Morgan fingerprint density at radius 3 is 2.44 bits per heavy atom. The molecule has 0 aromatic rings. The highest BCUT2D eigenvalue weighted by Gasteiger charge is 2.09. The van der Waals surface area contributed by atoms with Crippen LogP contribution in [0.15, 0.2) is 12.2 Å². The summed E-state index contributed by atoms with van der Waals surface area (Å²) in [7, 11) is 0. The monoisotopic (exact) mass is 258 g/mol. The maximum absolute atomic E-state index is 11.2. The first kappa shape index (κ1) is 16.6. The number of aliphatic carboxylic acids is 1. The highest BCUT2D eigenvalue weighted by Crippen LogP contribution is 2.01. The summed E-state index contributed by atoms with van der Waals surface area (Å²) < 4.78 is 5.51. The molecule has 0 aromatic carbocycles. The van der Waals surface area contributed by atoms with Crippen LogP contribution in [-0.2, 0) is 14.3 Å². The normalized spacial score (nSPS) is 16.2. The van der Waals surface area contributed by atoms with E-state index in [-0.39, 0.29) is 18.2 Å². The minimum Gasteiger partial charge on any atom is -0.478 e. The molecule has 0 aliphatic carbocycles. The quantitative estimate of drug-likeness (QED) is 0.543. The number of carbonyl (C=O) groups excluding carboxylic acids is 1. The average molecular weight is 258 g/mol. The zero-order valence-electron chi connectivity index (χ0n) is 11.1. The van der Waals surface area contributed by atoms with Crippen LogP contribution in [0.5, 0.6) is 0 Å². The van der Waals surface area contributed by atoms with Crippen LogP contribution in [0.4, 0.5) is 0 Å². The minimum atomic E-state index is -1.15. The molecule has 6 nitrogen and oxygen atoms in total. The van der Waals surface area contributed by atoms with Crippen LogP contribution >= 0.6 is 0 Å². The number of hydrogen-bond donors (Lipinski definition) is 3. The molecule has 0 aromatic heterocycles. The largest absolute Gasteiger partial charge is 0.478 e. The predicted molar refractivity (Wildman–Crippen MR) is 68.1 cm³/mol. The molecule has 0 bridgehead atoms. The molecule has 0 aliphatic heterocycles. The number of amides is 1. The maximum Gasteiger partial charge on any atom is 0.328 e. The van der Waals surface area contributed by atoms with Gasteiger partial charge in [-0.25, -0.2) is 4.79 Å². The van der Waals surface area contributed by atoms with Crippen molar-refractivity contribution in [1.29, 1.82) is 0 Å². The van der Waals surface area contributed by atoms with Gasteiger partial charge in [0.2, 0.25) is 5.91 Å². The molecule has 0 radical (unpaired) electrons. The van der Waals surface area contributed by atoms with Crippen LogP contribution in [-0.4, -0.2) is 41.8 Å². The molecule has 104 valence electrons. The van der Waals surface area contributed by atoms with Gasteiger partial charge in [-0.1, -0.05) is 0 Å². The van der Waals surface area contributed by atoms with Crippen molar-refractivity contribution in [2.75, 3.05) is 6.61 Å². The molecule has 0 aliphatic rings. The summed E-state index contributed by atoms with van der Waals surface area (Å²) in [5, 5.41) is 11.0. The van der Waals surface area contributed by atoms with Crippen LogP contribution in [0.3, 0.4) is 0 Å². The Hall–Kier alpha value is -1.40.